The normalized spacial score (nSPS) is 15.8. The molecule has 1 aromatic carbocycles. The number of benzene rings is 1. The maximum absolute atomic E-state index is 2.43. The monoisotopic (exact) mass is 297 g/mol. The van der Waals surface area contributed by atoms with Crippen LogP contribution in [0.3, 0.4) is 0 Å². The Morgan fingerprint density at radius 3 is 2.62 bits per heavy atom. The van der Waals surface area contributed by atoms with Gasteiger partial charge >= 0.3 is 26.2 Å². The minimum absolute atomic E-state index is 0. The van der Waals surface area contributed by atoms with Crippen LogP contribution in [0.5, 0.6) is 0 Å². The SMILES string of the molecule is [F-].[F-].[Zr+3].c1ccc2c(c1)CC1=C2CCC[CH-]1. The summed E-state index contributed by atoms with van der Waals surface area (Å²) in [5.74, 6) is 0. The van der Waals surface area contributed by atoms with Crippen molar-refractivity contribution in [3.05, 3.63) is 47.4 Å². The van der Waals surface area contributed by atoms with Crippen LogP contribution in [0.25, 0.3) is 5.57 Å². The molecular formula is C13H13F2Zr. The third kappa shape index (κ3) is 2.45. The van der Waals surface area contributed by atoms with E-state index in [1.54, 1.807) is 11.1 Å². The molecule has 3 heteroatoms. The first-order valence-electron chi connectivity index (χ1n) is 5.08. The van der Waals surface area contributed by atoms with Crippen molar-refractivity contribution in [3.8, 4) is 0 Å². The Morgan fingerprint density at radius 1 is 1.06 bits per heavy atom. The van der Waals surface area contributed by atoms with Crippen molar-refractivity contribution >= 4 is 5.57 Å². The van der Waals surface area contributed by atoms with Gasteiger partial charge in [-0.3, -0.25) is 0 Å². The van der Waals surface area contributed by atoms with Crippen molar-refractivity contribution in [3.63, 3.8) is 0 Å². The van der Waals surface area contributed by atoms with E-state index in [1.165, 1.54) is 36.8 Å². The van der Waals surface area contributed by atoms with Crippen LogP contribution in [0.2, 0.25) is 0 Å². The fourth-order valence-electron chi connectivity index (χ4n) is 2.50. The van der Waals surface area contributed by atoms with Crippen LogP contribution < -0.4 is 9.41 Å². The number of fused-ring (bicyclic) bond motifs is 2. The molecule has 0 saturated carbocycles. The molecule has 1 aromatic rings. The summed E-state index contributed by atoms with van der Waals surface area (Å²) in [4.78, 5) is 0. The zero-order valence-electron chi connectivity index (χ0n) is 8.97. The summed E-state index contributed by atoms with van der Waals surface area (Å²) in [5.41, 5.74) is 6.29. The first-order valence-corrected chi connectivity index (χ1v) is 5.08. The maximum atomic E-state index is 2.43. The van der Waals surface area contributed by atoms with Gasteiger partial charge in [-0.25, -0.2) is 12.0 Å². The Balaban J connectivity index is 0.000000750. The van der Waals surface area contributed by atoms with Crippen LogP contribution >= 0.6 is 0 Å². The average molecular weight is 298 g/mol. The fraction of sp³-hybridized carbons (Fsp3) is 0.308. The van der Waals surface area contributed by atoms with Crippen molar-refractivity contribution in [2.45, 2.75) is 25.7 Å². The van der Waals surface area contributed by atoms with Crippen molar-refractivity contribution in [1.29, 1.82) is 0 Å². The summed E-state index contributed by atoms with van der Waals surface area (Å²) in [6.07, 6.45) is 7.53. The molecule has 0 N–H and O–H groups in total. The molecule has 2 aliphatic rings. The molecule has 0 aromatic heterocycles. The van der Waals surface area contributed by atoms with Gasteiger partial charge in [0.15, 0.2) is 0 Å². The van der Waals surface area contributed by atoms with Crippen molar-refractivity contribution in [1.82, 2.24) is 0 Å². The van der Waals surface area contributed by atoms with Crippen molar-refractivity contribution in [2.75, 3.05) is 0 Å². The van der Waals surface area contributed by atoms with Gasteiger partial charge in [-0.05, 0) is 6.42 Å². The minimum atomic E-state index is 0. The molecule has 0 spiro atoms. The molecule has 0 nitrogen and oxygen atoms in total. The van der Waals surface area contributed by atoms with Crippen LogP contribution in [-0.4, -0.2) is 0 Å². The predicted octanol–water partition coefficient (Wildman–Crippen LogP) is -2.61. The van der Waals surface area contributed by atoms with E-state index in [9.17, 15) is 0 Å². The van der Waals surface area contributed by atoms with E-state index in [-0.39, 0.29) is 35.6 Å². The molecule has 83 valence electrons. The fourth-order valence-corrected chi connectivity index (χ4v) is 2.50. The standard InChI is InChI=1S/C13H13.2FH.Zr/c1-3-7-12-10(5-1)9-11-6-2-4-8-13(11)12;;;/h1,3,5-7H,2,4,8-9H2;2*1H;/q-1;;;+3/p-2. The van der Waals surface area contributed by atoms with E-state index >= 15 is 0 Å². The van der Waals surface area contributed by atoms with E-state index < -0.39 is 0 Å². The van der Waals surface area contributed by atoms with Crippen LogP contribution in [0.4, 0.5) is 0 Å². The molecule has 0 aliphatic heterocycles. The quantitative estimate of drug-likeness (QED) is 0.461. The summed E-state index contributed by atoms with van der Waals surface area (Å²) in [7, 11) is 0. The summed E-state index contributed by atoms with van der Waals surface area (Å²) >= 11 is 0. The smallest absolute Gasteiger partial charge is 1.00 e. The van der Waals surface area contributed by atoms with E-state index in [0.717, 1.165) is 0 Å². The molecule has 0 atom stereocenters. The first kappa shape index (κ1) is 15.6. The molecule has 0 saturated heterocycles. The van der Waals surface area contributed by atoms with Gasteiger partial charge in [0, 0.05) is 0 Å². The molecule has 1 radical (unpaired) electrons. The van der Waals surface area contributed by atoms with Crippen LogP contribution in [0.15, 0.2) is 29.8 Å². The van der Waals surface area contributed by atoms with Crippen LogP contribution in [-0.2, 0) is 32.6 Å². The largest absolute Gasteiger partial charge is 3.00 e. The molecular weight excluding hydrogens is 285 g/mol. The molecule has 2 aliphatic carbocycles. The summed E-state index contributed by atoms with van der Waals surface area (Å²) in [6, 6.07) is 8.85. The molecule has 16 heavy (non-hydrogen) atoms. The van der Waals surface area contributed by atoms with Gasteiger partial charge in [-0.1, -0.05) is 42.7 Å². The molecule has 0 bridgehead atoms. The Hall–Kier alpha value is -0.427. The van der Waals surface area contributed by atoms with E-state index in [4.69, 9.17) is 0 Å². The van der Waals surface area contributed by atoms with Crippen molar-refractivity contribution < 1.29 is 35.6 Å². The third-order valence-corrected chi connectivity index (χ3v) is 3.13. The summed E-state index contributed by atoms with van der Waals surface area (Å²) in [5, 5.41) is 0. The maximum Gasteiger partial charge on any atom is 3.00 e. The molecule has 0 amide bonds. The van der Waals surface area contributed by atoms with Gasteiger partial charge in [0.05, 0.1) is 0 Å². The Morgan fingerprint density at radius 2 is 1.81 bits per heavy atom. The number of hydrogen-bond acceptors (Lipinski definition) is 0. The summed E-state index contributed by atoms with van der Waals surface area (Å²) < 4.78 is 0. The topological polar surface area (TPSA) is 0 Å². The molecule has 0 fully saturated rings. The summed E-state index contributed by atoms with van der Waals surface area (Å²) in [6.45, 7) is 0. The van der Waals surface area contributed by atoms with Gasteiger partial charge < -0.3 is 9.41 Å². The predicted molar refractivity (Wildman–Crippen MR) is 55.2 cm³/mol. The van der Waals surface area contributed by atoms with Crippen LogP contribution in [0, 0.1) is 6.42 Å². The minimum Gasteiger partial charge on any atom is -1.00 e. The second-order valence-corrected chi connectivity index (χ2v) is 3.93. The second kappa shape index (κ2) is 6.34. The molecule has 0 unspecified atom stereocenters. The van der Waals surface area contributed by atoms with Gasteiger partial charge in [0.25, 0.3) is 0 Å². The average Bonchev–Trinajstić information content (AvgIpc) is 2.56. The van der Waals surface area contributed by atoms with E-state index in [1.807, 2.05) is 0 Å². The Bertz CT molecular complexity index is 385. The number of halogens is 2. The zero-order chi connectivity index (χ0) is 8.67. The van der Waals surface area contributed by atoms with Gasteiger partial charge in [-0.15, -0.1) is 12.0 Å². The van der Waals surface area contributed by atoms with Gasteiger partial charge in [0.1, 0.15) is 0 Å². The van der Waals surface area contributed by atoms with E-state index in [0.29, 0.717) is 0 Å². The second-order valence-electron chi connectivity index (χ2n) is 3.93. The van der Waals surface area contributed by atoms with Gasteiger partial charge in [0.2, 0.25) is 0 Å². The van der Waals surface area contributed by atoms with Crippen molar-refractivity contribution in [2.24, 2.45) is 0 Å². The third-order valence-electron chi connectivity index (χ3n) is 3.13. The zero-order valence-corrected chi connectivity index (χ0v) is 11.4. The van der Waals surface area contributed by atoms with E-state index in [2.05, 4.69) is 30.7 Å². The number of allylic oxidation sites excluding steroid dienone is 2. The first-order chi connectivity index (χ1) is 6.45. The molecule has 0 heterocycles. The Labute approximate surface area is 114 Å². The van der Waals surface area contributed by atoms with Gasteiger partial charge in [-0.2, -0.15) is 5.57 Å². The number of rotatable bonds is 0. The number of hydrogen-bond donors (Lipinski definition) is 0. The van der Waals surface area contributed by atoms with Crippen LogP contribution in [0.1, 0.15) is 30.4 Å². The Kier molecular flexibility index (Phi) is 6.17. The molecule has 3 rings (SSSR count).